The summed E-state index contributed by atoms with van der Waals surface area (Å²) in [5, 5.41) is 8.23. The van der Waals surface area contributed by atoms with Gasteiger partial charge in [-0.05, 0) is 39.0 Å². The van der Waals surface area contributed by atoms with E-state index in [-0.39, 0.29) is 0 Å². The van der Waals surface area contributed by atoms with Gasteiger partial charge < -0.3 is 0 Å². The van der Waals surface area contributed by atoms with Crippen LogP contribution in [-0.4, -0.2) is 0 Å². The van der Waals surface area contributed by atoms with E-state index in [0.717, 1.165) is 32.1 Å². The molecule has 0 bridgehead atoms. The zero-order valence-corrected chi connectivity index (χ0v) is 8.95. The van der Waals surface area contributed by atoms with Gasteiger partial charge in [0.2, 0.25) is 0 Å². The van der Waals surface area contributed by atoms with Crippen molar-refractivity contribution in [1.29, 1.82) is 5.26 Å². The van der Waals surface area contributed by atoms with Crippen molar-refractivity contribution in [2.24, 2.45) is 0 Å². The number of hydrogen-bond acceptors (Lipinski definition) is 1. The molecule has 0 aromatic heterocycles. The first kappa shape index (κ1) is 12.7. The fourth-order valence-electron chi connectivity index (χ4n) is 1.08. The second-order valence-corrected chi connectivity index (χ2v) is 3.08. The Morgan fingerprint density at radius 1 is 0.929 bits per heavy atom. The second-order valence-electron chi connectivity index (χ2n) is 3.08. The normalized spacial score (nSPS) is 11.7. The van der Waals surface area contributed by atoms with Crippen molar-refractivity contribution in [2.45, 2.75) is 39.0 Å². The quantitative estimate of drug-likeness (QED) is 0.335. The van der Waals surface area contributed by atoms with Gasteiger partial charge in [0.1, 0.15) is 0 Å². The molecule has 0 aliphatic carbocycles. The molecule has 0 amide bonds. The molecule has 0 spiro atoms. The van der Waals surface area contributed by atoms with E-state index in [9.17, 15) is 0 Å². The lowest BCUT2D eigenvalue weighted by atomic mass is 10.2. The third kappa shape index (κ3) is 10.7. The summed E-state index contributed by atoms with van der Waals surface area (Å²) in [4.78, 5) is 0. The molecular formula is C13H19N. The van der Waals surface area contributed by atoms with E-state index in [2.05, 4.69) is 24.3 Å². The van der Waals surface area contributed by atoms with E-state index in [0.29, 0.717) is 0 Å². The van der Waals surface area contributed by atoms with Crippen molar-refractivity contribution in [3.05, 3.63) is 36.5 Å². The van der Waals surface area contributed by atoms with Crippen LogP contribution in [0.25, 0.3) is 0 Å². The molecule has 1 heteroatoms. The van der Waals surface area contributed by atoms with Crippen LogP contribution in [0.5, 0.6) is 0 Å². The van der Waals surface area contributed by atoms with Crippen LogP contribution in [0, 0.1) is 11.3 Å². The SMILES string of the molecule is C/C=C/CC/C=C/CCC/C=C/C#N. The Labute approximate surface area is 87.4 Å². The fraction of sp³-hybridized carbons (Fsp3) is 0.462. The third-order valence-electron chi connectivity index (χ3n) is 1.84. The maximum absolute atomic E-state index is 8.23. The minimum Gasteiger partial charge on any atom is -0.193 e. The maximum Gasteiger partial charge on any atom is 0.0908 e. The Morgan fingerprint density at radius 2 is 1.57 bits per heavy atom. The van der Waals surface area contributed by atoms with Crippen molar-refractivity contribution >= 4 is 0 Å². The van der Waals surface area contributed by atoms with Crippen LogP contribution < -0.4 is 0 Å². The van der Waals surface area contributed by atoms with Crippen molar-refractivity contribution in [2.75, 3.05) is 0 Å². The van der Waals surface area contributed by atoms with Crippen LogP contribution >= 0.6 is 0 Å². The van der Waals surface area contributed by atoms with Gasteiger partial charge in [-0.25, -0.2) is 0 Å². The highest BCUT2D eigenvalue weighted by Crippen LogP contribution is 2.00. The second kappa shape index (κ2) is 11.7. The summed E-state index contributed by atoms with van der Waals surface area (Å²) in [6.45, 7) is 2.05. The predicted octanol–water partition coefficient (Wildman–Crippen LogP) is 4.15. The average molecular weight is 189 g/mol. The Balaban J connectivity index is 3.19. The molecule has 76 valence electrons. The van der Waals surface area contributed by atoms with Gasteiger partial charge in [-0.1, -0.05) is 30.4 Å². The summed E-state index contributed by atoms with van der Waals surface area (Å²) < 4.78 is 0. The number of nitriles is 1. The molecule has 0 saturated carbocycles. The molecule has 0 atom stereocenters. The Morgan fingerprint density at radius 3 is 2.29 bits per heavy atom. The number of unbranched alkanes of at least 4 members (excludes halogenated alkanes) is 3. The van der Waals surface area contributed by atoms with Crippen molar-refractivity contribution in [3.63, 3.8) is 0 Å². The van der Waals surface area contributed by atoms with Gasteiger partial charge in [0.05, 0.1) is 6.07 Å². The van der Waals surface area contributed by atoms with Gasteiger partial charge in [0.15, 0.2) is 0 Å². The fourth-order valence-corrected chi connectivity index (χ4v) is 1.08. The molecule has 0 heterocycles. The molecule has 14 heavy (non-hydrogen) atoms. The first-order valence-electron chi connectivity index (χ1n) is 5.22. The zero-order chi connectivity index (χ0) is 10.5. The molecule has 0 aliphatic heterocycles. The Hall–Kier alpha value is -1.29. The van der Waals surface area contributed by atoms with Crippen molar-refractivity contribution < 1.29 is 0 Å². The van der Waals surface area contributed by atoms with Crippen LogP contribution in [0.4, 0.5) is 0 Å². The Bertz CT molecular complexity index is 228. The first-order valence-corrected chi connectivity index (χ1v) is 5.22. The lowest BCUT2D eigenvalue weighted by molar-refractivity contribution is 0.862. The molecular weight excluding hydrogens is 170 g/mol. The number of allylic oxidation sites excluding steroid dienone is 6. The third-order valence-corrected chi connectivity index (χ3v) is 1.84. The molecule has 0 saturated heterocycles. The molecule has 1 nitrogen and oxygen atoms in total. The van der Waals surface area contributed by atoms with Crippen LogP contribution in [0.3, 0.4) is 0 Å². The average Bonchev–Trinajstić information content (AvgIpc) is 2.21. The van der Waals surface area contributed by atoms with Crippen molar-refractivity contribution in [3.8, 4) is 6.07 Å². The van der Waals surface area contributed by atoms with Gasteiger partial charge in [0.25, 0.3) is 0 Å². The van der Waals surface area contributed by atoms with Crippen LogP contribution in [0.1, 0.15) is 39.0 Å². The van der Waals surface area contributed by atoms with Gasteiger partial charge in [-0.15, -0.1) is 0 Å². The molecule has 0 N–H and O–H groups in total. The van der Waals surface area contributed by atoms with Gasteiger partial charge >= 0.3 is 0 Å². The number of nitrogens with zero attached hydrogens (tertiary/aromatic N) is 1. The maximum atomic E-state index is 8.23. The largest absolute Gasteiger partial charge is 0.193 e. The van der Waals surface area contributed by atoms with Gasteiger partial charge in [-0.3, -0.25) is 0 Å². The topological polar surface area (TPSA) is 23.8 Å². The van der Waals surface area contributed by atoms with E-state index < -0.39 is 0 Å². The molecule has 0 radical (unpaired) electrons. The van der Waals surface area contributed by atoms with Crippen molar-refractivity contribution in [1.82, 2.24) is 0 Å². The Kier molecular flexibility index (Phi) is 10.6. The molecule has 0 aromatic carbocycles. The molecule has 0 rings (SSSR count). The molecule has 0 fully saturated rings. The van der Waals surface area contributed by atoms with Crippen LogP contribution in [0.2, 0.25) is 0 Å². The summed E-state index contributed by atoms with van der Waals surface area (Å²) in [6, 6.07) is 1.99. The lowest BCUT2D eigenvalue weighted by Crippen LogP contribution is -1.70. The molecule has 0 aliphatic rings. The minimum absolute atomic E-state index is 1.01. The van der Waals surface area contributed by atoms with E-state index in [1.165, 1.54) is 0 Å². The summed E-state index contributed by atoms with van der Waals surface area (Å²) in [7, 11) is 0. The van der Waals surface area contributed by atoms with E-state index in [1.54, 1.807) is 6.08 Å². The highest BCUT2D eigenvalue weighted by Gasteiger charge is 1.80. The summed E-state index contributed by atoms with van der Waals surface area (Å²) >= 11 is 0. The first-order chi connectivity index (χ1) is 6.91. The highest BCUT2D eigenvalue weighted by atomic mass is 14.2. The smallest absolute Gasteiger partial charge is 0.0908 e. The van der Waals surface area contributed by atoms with E-state index in [1.807, 2.05) is 19.1 Å². The van der Waals surface area contributed by atoms with Gasteiger partial charge in [-0.2, -0.15) is 5.26 Å². The van der Waals surface area contributed by atoms with E-state index >= 15 is 0 Å². The molecule has 0 aromatic rings. The number of hydrogen-bond donors (Lipinski definition) is 0. The summed E-state index contributed by atoms with van der Waals surface area (Å²) in [6.07, 6.45) is 17.7. The van der Waals surface area contributed by atoms with E-state index in [4.69, 9.17) is 5.26 Å². The number of rotatable bonds is 7. The standard InChI is InChI=1S/C13H19N/c1-2-3-4-5-6-7-8-9-10-11-12-13-14/h2-3,6-7,11-12H,4-5,8-10H2,1H3/b3-2+,7-6+,12-11+. The lowest BCUT2D eigenvalue weighted by Gasteiger charge is -1.89. The monoisotopic (exact) mass is 189 g/mol. The predicted molar refractivity (Wildman–Crippen MR) is 61.8 cm³/mol. The van der Waals surface area contributed by atoms with Gasteiger partial charge in [0, 0.05) is 6.08 Å². The summed E-state index contributed by atoms with van der Waals surface area (Å²) in [5.41, 5.74) is 0. The summed E-state index contributed by atoms with van der Waals surface area (Å²) in [5.74, 6) is 0. The molecule has 0 unspecified atom stereocenters. The highest BCUT2D eigenvalue weighted by molar-refractivity contribution is 5.01. The minimum atomic E-state index is 1.01. The van der Waals surface area contributed by atoms with Crippen LogP contribution in [-0.2, 0) is 0 Å². The van der Waals surface area contributed by atoms with Crippen LogP contribution in [0.15, 0.2) is 36.5 Å². The zero-order valence-electron chi connectivity index (χ0n) is 8.95.